The highest BCUT2D eigenvalue weighted by atomic mass is 19.2. The zero-order chi connectivity index (χ0) is 19.8. The summed E-state index contributed by atoms with van der Waals surface area (Å²) in [6.45, 7) is 2.17. The second kappa shape index (κ2) is 7.03. The Morgan fingerprint density at radius 3 is 2.75 bits per heavy atom. The van der Waals surface area contributed by atoms with Crippen molar-refractivity contribution in [1.82, 2.24) is 15.5 Å². The van der Waals surface area contributed by atoms with Crippen molar-refractivity contribution in [2.24, 2.45) is 5.92 Å². The summed E-state index contributed by atoms with van der Waals surface area (Å²) in [5, 5.41) is 6.65. The number of aromatic amines is 1. The Labute approximate surface area is 158 Å². The maximum atomic E-state index is 13.6. The van der Waals surface area contributed by atoms with Gasteiger partial charge in [-0.2, -0.15) is 0 Å². The van der Waals surface area contributed by atoms with Gasteiger partial charge in [0.05, 0.1) is 5.56 Å². The van der Waals surface area contributed by atoms with E-state index in [1.54, 1.807) is 6.92 Å². The third kappa shape index (κ3) is 3.45. The third-order valence-corrected chi connectivity index (χ3v) is 4.72. The summed E-state index contributed by atoms with van der Waals surface area (Å²) >= 11 is 0. The van der Waals surface area contributed by atoms with E-state index in [2.05, 4.69) is 15.5 Å². The average molecular weight is 385 g/mol. The lowest BCUT2D eigenvalue weighted by molar-refractivity contribution is 0.0947. The number of aryl methyl sites for hydroxylation is 1. The van der Waals surface area contributed by atoms with Gasteiger partial charge in [0.25, 0.3) is 5.91 Å². The molecule has 1 aromatic carbocycles. The van der Waals surface area contributed by atoms with Gasteiger partial charge in [-0.3, -0.25) is 9.59 Å². The molecule has 0 radical (unpaired) electrons. The first-order valence-electron chi connectivity index (χ1n) is 8.87. The molecule has 1 saturated carbocycles. The largest absolute Gasteiger partial charge is 0.360 e. The smallest absolute Gasteiger partial charge is 0.267 e. The summed E-state index contributed by atoms with van der Waals surface area (Å²) < 4.78 is 31.9. The van der Waals surface area contributed by atoms with E-state index in [1.807, 2.05) is 0 Å². The van der Waals surface area contributed by atoms with E-state index in [0.717, 1.165) is 25.0 Å². The molecular weight excluding hydrogens is 368 g/mol. The molecule has 6 nitrogen and oxygen atoms in total. The van der Waals surface area contributed by atoms with Gasteiger partial charge in [0.2, 0.25) is 0 Å². The first-order valence-corrected chi connectivity index (χ1v) is 8.87. The second-order valence-electron chi connectivity index (χ2n) is 6.88. The Kier molecular flexibility index (Phi) is 4.54. The number of carbonyl (C=O) groups excluding carboxylic acids is 2. The number of aromatic nitrogens is 2. The molecule has 1 aliphatic rings. The van der Waals surface area contributed by atoms with Gasteiger partial charge in [0.15, 0.2) is 17.4 Å². The summed E-state index contributed by atoms with van der Waals surface area (Å²) in [5.74, 6) is -1.98. The van der Waals surface area contributed by atoms with Crippen LogP contribution in [0.1, 0.15) is 45.0 Å². The molecule has 2 aromatic heterocycles. The minimum atomic E-state index is -1.05. The molecule has 1 aliphatic carbocycles. The van der Waals surface area contributed by atoms with Crippen molar-refractivity contribution in [3.8, 4) is 11.3 Å². The van der Waals surface area contributed by atoms with E-state index in [9.17, 15) is 18.4 Å². The monoisotopic (exact) mass is 385 g/mol. The Hall–Kier alpha value is -3.29. The van der Waals surface area contributed by atoms with Crippen molar-refractivity contribution in [1.29, 1.82) is 0 Å². The van der Waals surface area contributed by atoms with Crippen molar-refractivity contribution in [3.63, 3.8) is 0 Å². The third-order valence-electron chi connectivity index (χ3n) is 4.72. The van der Waals surface area contributed by atoms with Crippen LogP contribution in [0.25, 0.3) is 11.3 Å². The minimum absolute atomic E-state index is 0.113. The molecule has 144 valence electrons. The standard InChI is InChI=1S/C20H17F2N3O3/c1-10-17(18(25-28-10)12-4-5-14(21)15(22)6-12)19(26)13-7-16(23-9-13)20(27)24-8-11-2-3-11/h4-7,9,11,23H,2-3,8H2,1H3,(H,24,27). The topological polar surface area (TPSA) is 88.0 Å². The molecule has 0 saturated heterocycles. The number of hydrogen-bond acceptors (Lipinski definition) is 4. The Balaban J connectivity index is 1.61. The van der Waals surface area contributed by atoms with E-state index in [1.165, 1.54) is 18.3 Å². The molecular formula is C20H17F2N3O3. The summed E-state index contributed by atoms with van der Waals surface area (Å²) in [5.41, 5.74) is 0.980. The number of nitrogens with one attached hydrogen (secondary N) is 2. The lowest BCUT2D eigenvalue weighted by atomic mass is 9.99. The molecule has 28 heavy (non-hydrogen) atoms. The predicted octanol–water partition coefficient (Wildman–Crippen LogP) is 3.63. The normalized spacial score (nSPS) is 13.5. The van der Waals surface area contributed by atoms with Gasteiger partial charge in [0, 0.05) is 23.9 Å². The lowest BCUT2D eigenvalue weighted by Crippen LogP contribution is -2.25. The van der Waals surface area contributed by atoms with Crippen molar-refractivity contribution >= 4 is 11.7 Å². The number of nitrogens with zero attached hydrogens (tertiary/aromatic N) is 1. The highest BCUT2D eigenvalue weighted by molar-refractivity contribution is 6.13. The Morgan fingerprint density at radius 2 is 2.04 bits per heavy atom. The maximum absolute atomic E-state index is 13.6. The van der Waals surface area contributed by atoms with Gasteiger partial charge in [-0.1, -0.05) is 5.16 Å². The van der Waals surface area contributed by atoms with Crippen LogP contribution in [0.4, 0.5) is 8.78 Å². The predicted molar refractivity (Wildman–Crippen MR) is 95.9 cm³/mol. The van der Waals surface area contributed by atoms with Crippen molar-refractivity contribution < 1.29 is 22.9 Å². The molecule has 1 amide bonds. The number of ketones is 1. The summed E-state index contributed by atoms with van der Waals surface area (Å²) in [6, 6.07) is 4.69. The van der Waals surface area contributed by atoms with Gasteiger partial charge in [-0.15, -0.1) is 0 Å². The fraction of sp³-hybridized carbons (Fsp3) is 0.250. The first-order chi connectivity index (χ1) is 13.4. The van der Waals surface area contributed by atoms with Crippen molar-refractivity contribution in [2.75, 3.05) is 6.54 Å². The van der Waals surface area contributed by atoms with Crippen molar-refractivity contribution in [3.05, 3.63) is 64.7 Å². The van der Waals surface area contributed by atoms with Crippen LogP contribution in [0.3, 0.4) is 0 Å². The fourth-order valence-corrected chi connectivity index (χ4v) is 2.94. The Bertz CT molecular complexity index is 1070. The van der Waals surface area contributed by atoms with E-state index >= 15 is 0 Å². The van der Waals surface area contributed by atoms with Crippen LogP contribution in [0.2, 0.25) is 0 Å². The van der Waals surface area contributed by atoms with Gasteiger partial charge < -0.3 is 14.8 Å². The van der Waals surface area contributed by atoms with Crippen LogP contribution in [0, 0.1) is 24.5 Å². The van der Waals surface area contributed by atoms with Crippen LogP contribution in [0.15, 0.2) is 35.0 Å². The van der Waals surface area contributed by atoms with Gasteiger partial charge in [-0.25, -0.2) is 8.78 Å². The van der Waals surface area contributed by atoms with E-state index in [4.69, 9.17) is 4.52 Å². The number of halogens is 2. The number of amides is 1. The maximum Gasteiger partial charge on any atom is 0.267 e. The lowest BCUT2D eigenvalue weighted by Gasteiger charge is -2.02. The highest BCUT2D eigenvalue weighted by Crippen LogP contribution is 2.29. The van der Waals surface area contributed by atoms with Crippen molar-refractivity contribution in [2.45, 2.75) is 19.8 Å². The van der Waals surface area contributed by atoms with Gasteiger partial charge in [0.1, 0.15) is 17.1 Å². The summed E-state index contributed by atoms with van der Waals surface area (Å²) in [7, 11) is 0. The second-order valence-corrected chi connectivity index (χ2v) is 6.88. The molecule has 1 fully saturated rings. The van der Waals surface area contributed by atoms with E-state index < -0.39 is 17.4 Å². The quantitative estimate of drug-likeness (QED) is 0.635. The number of benzene rings is 1. The van der Waals surface area contributed by atoms with Crippen LogP contribution < -0.4 is 5.32 Å². The van der Waals surface area contributed by atoms with Gasteiger partial charge in [-0.05, 0) is 49.9 Å². The van der Waals surface area contributed by atoms with E-state index in [0.29, 0.717) is 12.5 Å². The summed E-state index contributed by atoms with van der Waals surface area (Å²) in [4.78, 5) is 27.9. The minimum Gasteiger partial charge on any atom is -0.360 e. The van der Waals surface area contributed by atoms with Crippen LogP contribution >= 0.6 is 0 Å². The number of rotatable bonds is 6. The molecule has 2 N–H and O–H groups in total. The number of hydrogen-bond donors (Lipinski definition) is 2. The highest BCUT2D eigenvalue weighted by Gasteiger charge is 2.26. The molecule has 0 bridgehead atoms. The molecule has 4 rings (SSSR count). The van der Waals surface area contributed by atoms with Gasteiger partial charge >= 0.3 is 0 Å². The summed E-state index contributed by atoms with van der Waals surface area (Å²) in [6.07, 6.45) is 3.67. The number of H-pyrrole nitrogens is 1. The zero-order valence-electron chi connectivity index (χ0n) is 15.0. The molecule has 0 atom stereocenters. The molecule has 0 unspecified atom stereocenters. The molecule has 2 heterocycles. The SMILES string of the molecule is Cc1onc(-c2ccc(F)c(F)c2)c1C(=O)c1c[nH]c(C(=O)NCC2CC2)c1. The number of carbonyl (C=O) groups is 2. The zero-order valence-corrected chi connectivity index (χ0v) is 15.0. The van der Waals surface area contributed by atoms with Crippen LogP contribution in [-0.2, 0) is 0 Å². The average Bonchev–Trinajstić information content (AvgIpc) is 3.22. The Morgan fingerprint density at radius 1 is 1.25 bits per heavy atom. The molecule has 3 aromatic rings. The molecule has 0 aliphatic heterocycles. The molecule has 0 spiro atoms. The first kappa shape index (κ1) is 18.1. The fourth-order valence-electron chi connectivity index (χ4n) is 2.94. The van der Waals surface area contributed by atoms with E-state index in [-0.39, 0.29) is 39.7 Å². The van der Waals surface area contributed by atoms with Crippen LogP contribution in [0.5, 0.6) is 0 Å². The van der Waals surface area contributed by atoms with Crippen LogP contribution in [-0.4, -0.2) is 28.4 Å². The molecule has 8 heteroatoms.